The van der Waals surface area contributed by atoms with Gasteiger partial charge in [-0.2, -0.15) is 11.8 Å². The lowest BCUT2D eigenvalue weighted by Crippen LogP contribution is -2.67. The zero-order valence-corrected chi connectivity index (χ0v) is 25.2. The Labute approximate surface area is 254 Å². The molecular formula is C25H48N6O11S. The molecule has 11 atom stereocenters. The zero-order valence-electron chi connectivity index (χ0n) is 24.4. The average Bonchev–Trinajstić information content (AvgIpc) is 2.96. The van der Waals surface area contributed by atoms with E-state index in [0.29, 0.717) is 5.75 Å². The first-order chi connectivity index (χ1) is 20.1. The molecule has 18 heteroatoms. The van der Waals surface area contributed by atoms with Gasteiger partial charge in [0.15, 0.2) is 6.29 Å². The summed E-state index contributed by atoms with van der Waals surface area (Å²) < 4.78 is 11.4. The summed E-state index contributed by atoms with van der Waals surface area (Å²) in [7, 11) is 0. The number of hydrogen-bond donors (Lipinski definition) is 12. The number of carbonyl (C=O) groups excluding carboxylic acids is 3. The molecule has 15 N–H and O–H groups in total. The molecule has 2 fully saturated rings. The second kappa shape index (κ2) is 17.1. The Morgan fingerprint density at radius 3 is 2.28 bits per heavy atom. The molecule has 0 aromatic rings. The van der Waals surface area contributed by atoms with Crippen molar-refractivity contribution in [2.45, 2.75) is 93.8 Å². The van der Waals surface area contributed by atoms with Gasteiger partial charge in [0.05, 0.1) is 24.5 Å². The van der Waals surface area contributed by atoms with E-state index in [1.54, 1.807) is 0 Å². The lowest BCUT2D eigenvalue weighted by molar-refractivity contribution is -0.288. The topological polar surface area (TPSA) is 305 Å². The highest BCUT2D eigenvalue weighted by Gasteiger charge is 2.48. The number of carbonyl (C=O) groups is 3. The molecule has 0 radical (unpaired) electrons. The lowest BCUT2D eigenvalue weighted by Gasteiger charge is -2.45. The predicted octanol–water partition coefficient (Wildman–Crippen LogP) is -6.22. The number of nitrogens with one attached hydrogen (secondary N) is 3. The first kappa shape index (κ1) is 37.5. The molecule has 3 amide bonds. The maximum absolute atomic E-state index is 12.3. The maximum Gasteiger partial charge on any atom is 0.249 e. The molecule has 43 heavy (non-hydrogen) atoms. The number of nitrogens with two attached hydrogens (primary N) is 3. The molecule has 0 aromatic heterocycles. The van der Waals surface area contributed by atoms with Crippen molar-refractivity contribution in [3.8, 4) is 0 Å². The number of rotatable bonds is 15. The lowest BCUT2D eigenvalue weighted by atomic mass is 9.84. The van der Waals surface area contributed by atoms with Gasteiger partial charge in [0.1, 0.15) is 36.6 Å². The number of aliphatic hydroxyl groups is 6. The van der Waals surface area contributed by atoms with E-state index >= 15 is 0 Å². The van der Waals surface area contributed by atoms with Gasteiger partial charge < -0.3 is 73.3 Å². The van der Waals surface area contributed by atoms with Gasteiger partial charge in [-0.05, 0) is 6.42 Å². The molecular weight excluding hydrogens is 592 g/mol. The molecule has 1 saturated carbocycles. The van der Waals surface area contributed by atoms with Gasteiger partial charge in [-0.25, -0.2) is 0 Å². The van der Waals surface area contributed by atoms with Crippen molar-refractivity contribution in [1.82, 2.24) is 16.0 Å². The number of hydrogen-bond acceptors (Lipinski definition) is 15. The van der Waals surface area contributed by atoms with Gasteiger partial charge in [0.25, 0.3) is 0 Å². The second-order valence-electron chi connectivity index (χ2n) is 11.5. The Kier molecular flexibility index (Phi) is 14.9. The first-order valence-electron chi connectivity index (χ1n) is 14.1. The smallest absolute Gasteiger partial charge is 0.249 e. The highest BCUT2D eigenvalue weighted by molar-refractivity contribution is 7.99. The maximum atomic E-state index is 12.3. The summed E-state index contributed by atoms with van der Waals surface area (Å²) in [6, 6.07) is -2.71. The third kappa shape index (κ3) is 10.7. The van der Waals surface area contributed by atoms with Crippen LogP contribution in [0.25, 0.3) is 0 Å². The third-order valence-electron chi connectivity index (χ3n) is 7.48. The average molecular weight is 641 g/mol. The van der Waals surface area contributed by atoms with Crippen molar-refractivity contribution < 1.29 is 54.5 Å². The van der Waals surface area contributed by atoms with Crippen LogP contribution in [0.15, 0.2) is 0 Å². The Morgan fingerprint density at radius 1 is 0.953 bits per heavy atom. The van der Waals surface area contributed by atoms with Crippen LogP contribution < -0.4 is 33.2 Å². The first-order valence-corrected chi connectivity index (χ1v) is 15.2. The van der Waals surface area contributed by atoms with Crippen LogP contribution in [0.4, 0.5) is 0 Å². The fraction of sp³-hybridized carbons (Fsp3) is 0.880. The monoisotopic (exact) mass is 640 g/mol. The molecule has 1 aliphatic carbocycles. The summed E-state index contributed by atoms with van der Waals surface area (Å²) >= 11 is 1.23. The van der Waals surface area contributed by atoms with Crippen molar-refractivity contribution in [3.05, 3.63) is 0 Å². The van der Waals surface area contributed by atoms with Crippen LogP contribution in [0, 0.1) is 5.41 Å². The van der Waals surface area contributed by atoms with E-state index in [1.807, 2.05) is 0 Å². The summed E-state index contributed by atoms with van der Waals surface area (Å²) in [6.07, 6.45) is -10.4. The van der Waals surface area contributed by atoms with Gasteiger partial charge in [-0.3, -0.25) is 14.4 Å². The Hall–Kier alpha value is -1.68. The van der Waals surface area contributed by atoms with Crippen LogP contribution in [0.3, 0.4) is 0 Å². The second-order valence-corrected chi connectivity index (χ2v) is 12.6. The number of amides is 3. The van der Waals surface area contributed by atoms with Crippen LogP contribution in [0.5, 0.6) is 0 Å². The van der Waals surface area contributed by atoms with Gasteiger partial charge in [-0.1, -0.05) is 13.8 Å². The van der Waals surface area contributed by atoms with E-state index in [0.717, 1.165) is 0 Å². The summed E-state index contributed by atoms with van der Waals surface area (Å²) in [5.74, 6) is -0.992. The molecule has 1 aliphatic heterocycles. The van der Waals surface area contributed by atoms with Gasteiger partial charge in [0, 0.05) is 49.3 Å². The van der Waals surface area contributed by atoms with Crippen LogP contribution in [-0.2, 0) is 23.9 Å². The molecule has 0 spiro atoms. The van der Waals surface area contributed by atoms with E-state index in [9.17, 15) is 45.0 Å². The summed E-state index contributed by atoms with van der Waals surface area (Å²) in [5, 5.41) is 68.1. The van der Waals surface area contributed by atoms with Crippen molar-refractivity contribution in [2.75, 3.05) is 37.7 Å². The SMILES string of the molecule is CC(C)(CO)[C@@H](O)C(=O)NCCC(=O)NCCSCC(=O)NC[C@H]1O[C@H](OC2[C@@H](N)C[C@@H](N)[C@H](O)[C@H]2O)[C@H](N)[C@@H](O)[C@@H]1O. The minimum Gasteiger partial charge on any atom is -0.396 e. The van der Waals surface area contributed by atoms with Gasteiger partial charge >= 0.3 is 0 Å². The third-order valence-corrected chi connectivity index (χ3v) is 8.44. The van der Waals surface area contributed by atoms with Crippen molar-refractivity contribution in [2.24, 2.45) is 22.6 Å². The molecule has 17 nitrogen and oxygen atoms in total. The molecule has 1 saturated heterocycles. The van der Waals surface area contributed by atoms with E-state index in [-0.39, 0.29) is 50.7 Å². The summed E-state index contributed by atoms with van der Waals surface area (Å²) in [5.41, 5.74) is 16.7. The van der Waals surface area contributed by atoms with E-state index in [4.69, 9.17) is 26.7 Å². The molecule has 2 rings (SSSR count). The van der Waals surface area contributed by atoms with E-state index in [2.05, 4.69) is 16.0 Å². The minimum atomic E-state index is -1.48. The quantitative estimate of drug-likeness (QED) is 0.0741. The highest BCUT2D eigenvalue weighted by atomic mass is 32.2. The van der Waals surface area contributed by atoms with Gasteiger partial charge in [-0.15, -0.1) is 0 Å². The van der Waals surface area contributed by atoms with Crippen molar-refractivity contribution in [1.29, 1.82) is 0 Å². The number of thioether (sulfide) groups is 1. The molecule has 1 unspecified atom stereocenters. The van der Waals surface area contributed by atoms with Crippen molar-refractivity contribution >= 4 is 29.5 Å². The molecule has 250 valence electrons. The van der Waals surface area contributed by atoms with Gasteiger partial charge in [0.2, 0.25) is 17.7 Å². The molecule has 0 aromatic carbocycles. The normalized spacial score (nSPS) is 33.8. The fourth-order valence-corrected chi connectivity index (χ4v) is 5.17. The standard InChI is InChI=1S/C25H48N6O11S/c1-25(2,10-32)22(39)23(40)30-4-3-14(33)29-5-6-43-9-15(34)31-8-13-18(36)19(37)16(28)24(41-13)42-21-12(27)7-11(26)17(35)20(21)38/h11-13,16-22,24,32,35-39H,3-10,26-28H2,1-2H3,(H,29,33)(H,30,40)(H,31,34)/t11-,12+,13-,16-,17+,18-,19-,20-,21?,22+,24-/m1/s1. The highest BCUT2D eigenvalue weighted by Crippen LogP contribution is 2.27. The molecule has 1 heterocycles. The van der Waals surface area contributed by atoms with E-state index < -0.39 is 84.4 Å². The number of ether oxygens (including phenoxy) is 2. The zero-order chi connectivity index (χ0) is 32.5. The number of aliphatic hydroxyl groups excluding tert-OH is 6. The largest absolute Gasteiger partial charge is 0.396 e. The van der Waals surface area contributed by atoms with Crippen LogP contribution in [-0.4, -0.2) is 153 Å². The van der Waals surface area contributed by atoms with E-state index in [1.165, 1.54) is 25.6 Å². The van der Waals surface area contributed by atoms with Crippen LogP contribution in [0.1, 0.15) is 26.7 Å². The Bertz CT molecular complexity index is 921. The Morgan fingerprint density at radius 2 is 1.63 bits per heavy atom. The van der Waals surface area contributed by atoms with Crippen LogP contribution >= 0.6 is 11.8 Å². The van der Waals surface area contributed by atoms with Crippen LogP contribution in [0.2, 0.25) is 0 Å². The summed E-state index contributed by atoms with van der Waals surface area (Å²) in [6.45, 7) is 2.75. The Balaban J connectivity index is 1.68. The van der Waals surface area contributed by atoms with Crippen molar-refractivity contribution in [3.63, 3.8) is 0 Å². The molecule has 2 aliphatic rings. The predicted molar refractivity (Wildman–Crippen MR) is 154 cm³/mol. The fourth-order valence-electron chi connectivity index (χ4n) is 4.49. The minimum absolute atomic E-state index is 0.00350. The summed E-state index contributed by atoms with van der Waals surface area (Å²) in [4.78, 5) is 36.2. The molecule has 0 bridgehead atoms.